The second-order valence-electron chi connectivity index (χ2n) is 4.63. The van der Waals surface area contributed by atoms with E-state index in [0.29, 0.717) is 0 Å². The van der Waals surface area contributed by atoms with Crippen LogP contribution in [0, 0.1) is 18.6 Å². The van der Waals surface area contributed by atoms with E-state index in [-0.39, 0.29) is 30.1 Å². The van der Waals surface area contributed by atoms with Crippen molar-refractivity contribution in [2.75, 3.05) is 5.32 Å². The van der Waals surface area contributed by atoms with Gasteiger partial charge in [0.25, 0.3) is 0 Å². The van der Waals surface area contributed by atoms with Gasteiger partial charge in [0.05, 0.1) is 5.69 Å². The number of aryl methyl sites for hydroxylation is 1. The van der Waals surface area contributed by atoms with Crippen LogP contribution in [-0.2, 0) is 0 Å². The fourth-order valence-corrected chi connectivity index (χ4v) is 1.70. The average Bonchev–Trinajstić information content (AvgIpc) is 2.24. The number of alkyl halides is 3. The number of hydrogen-bond donors (Lipinski definition) is 1. The zero-order valence-electron chi connectivity index (χ0n) is 10.7. The Labute approximate surface area is 108 Å². The van der Waals surface area contributed by atoms with Crippen LogP contribution in [0.5, 0.6) is 0 Å². The minimum absolute atomic E-state index is 0.0254. The van der Waals surface area contributed by atoms with Crippen molar-refractivity contribution in [1.82, 2.24) is 0 Å². The fraction of sp³-hybridized carbons (Fsp3) is 0.538. The average molecular weight is 281 g/mol. The Morgan fingerprint density at radius 2 is 1.79 bits per heavy atom. The summed E-state index contributed by atoms with van der Waals surface area (Å²) >= 11 is 0. The smallest absolute Gasteiger partial charge is 0.380 e. The van der Waals surface area contributed by atoms with E-state index in [1.807, 2.05) is 0 Å². The maximum absolute atomic E-state index is 13.5. The van der Waals surface area contributed by atoms with Gasteiger partial charge in [-0.3, -0.25) is 0 Å². The second kappa shape index (κ2) is 6.21. The molecule has 1 aromatic carbocycles. The first-order chi connectivity index (χ1) is 8.69. The van der Waals surface area contributed by atoms with E-state index in [4.69, 9.17) is 0 Å². The van der Waals surface area contributed by atoms with Crippen LogP contribution in [0.1, 0.15) is 31.7 Å². The van der Waals surface area contributed by atoms with Crippen molar-refractivity contribution in [3.8, 4) is 0 Å². The second-order valence-corrected chi connectivity index (χ2v) is 4.63. The number of hydrogen-bond acceptors (Lipinski definition) is 1. The van der Waals surface area contributed by atoms with E-state index in [1.54, 1.807) is 6.92 Å². The molecule has 1 aromatic rings. The van der Waals surface area contributed by atoms with Gasteiger partial charge in [0.15, 0.2) is 0 Å². The lowest BCUT2D eigenvalue weighted by atomic mass is 10.1. The summed E-state index contributed by atoms with van der Waals surface area (Å²) in [7, 11) is 0. The summed E-state index contributed by atoms with van der Waals surface area (Å²) in [6.45, 7) is 3.07. The molecule has 0 saturated carbocycles. The minimum atomic E-state index is -4.18. The monoisotopic (exact) mass is 281 g/mol. The van der Waals surface area contributed by atoms with E-state index in [9.17, 15) is 22.0 Å². The highest BCUT2D eigenvalue weighted by Crippen LogP contribution is 2.24. The molecule has 0 spiro atoms. The van der Waals surface area contributed by atoms with Crippen LogP contribution in [0.25, 0.3) is 0 Å². The number of anilines is 1. The molecule has 0 bridgehead atoms. The summed E-state index contributed by atoms with van der Waals surface area (Å²) in [6.07, 6.45) is -4.87. The van der Waals surface area contributed by atoms with E-state index in [2.05, 4.69) is 5.32 Å². The summed E-state index contributed by atoms with van der Waals surface area (Å²) < 4.78 is 62.6. The van der Waals surface area contributed by atoms with Gasteiger partial charge < -0.3 is 5.32 Å². The van der Waals surface area contributed by atoms with Crippen LogP contribution in [0.2, 0.25) is 0 Å². The molecule has 1 N–H and O–H groups in total. The number of benzene rings is 1. The highest BCUT2D eigenvalue weighted by molar-refractivity contribution is 5.47. The third-order valence-electron chi connectivity index (χ3n) is 2.75. The molecule has 1 nitrogen and oxygen atoms in total. The van der Waals surface area contributed by atoms with Gasteiger partial charge in [0.2, 0.25) is 0 Å². The van der Waals surface area contributed by atoms with Gasteiger partial charge in [0, 0.05) is 18.5 Å². The van der Waals surface area contributed by atoms with Gasteiger partial charge in [-0.2, -0.15) is 13.2 Å². The predicted octanol–water partition coefficient (Wildman–Crippen LogP) is 4.81. The summed E-state index contributed by atoms with van der Waals surface area (Å²) in [6, 6.07) is 1.71. The summed E-state index contributed by atoms with van der Waals surface area (Å²) in [5.41, 5.74) is 0.162. The van der Waals surface area contributed by atoms with Crippen LogP contribution >= 0.6 is 0 Å². The first-order valence-electron chi connectivity index (χ1n) is 5.98. The summed E-state index contributed by atoms with van der Waals surface area (Å²) in [5.74, 6) is -1.16. The molecule has 0 amide bonds. The first kappa shape index (κ1) is 15.7. The molecule has 0 aliphatic rings. The van der Waals surface area contributed by atoms with Gasteiger partial charge in [0.1, 0.15) is 11.6 Å². The van der Waals surface area contributed by atoms with Crippen molar-refractivity contribution >= 4 is 5.69 Å². The molecule has 0 aromatic heterocycles. The van der Waals surface area contributed by atoms with Crippen LogP contribution in [0.3, 0.4) is 0 Å². The summed E-state index contributed by atoms with van der Waals surface area (Å²) in [5, 5.41) is 2.68. The molecule has 108 valence electrons. The Morgan fingerprint density at radius 1 is 1.16 bits per heavy atom. The largest absolute Gasteiger partial charge is 0.389 e. The molecule has 0 radical (unpaired) electrons. The van der Waals surface area contributed by atoms with Crippen LogP contribution in [-0.4, -0.2) is 12.2 Å². The van der Waals surface area contributed by atoms with Gasteiger partial charge in [-0.05, 0) is 38.3 Å². The van der Waals surface area contributed by atoms with Gasteiger partial charge >= 0.3 is 6.18 Å². The minimum Gasteiger partial charge on any atom is -0.380 e. The van der Waals surface area contributed by atoms with E-state index in [1.165, 1.54) is 6.92 Å². The Balaban J connectivity index is 2.53. The SMILES string of the molecule is Cc1cc(F)c(NC(C)CCCC(F)(F)F)cc1F. The number of rotatable bonds is 5. The molecule has 0 aliphatic carbocycles. The molecule has 1 unspecified atom stereocenters. The quantitative estimate of drug-likeness (QED) is 0.764. The topological polar surface area (TPSA) is 12.0 Å². The van der Waals surface area contributed by atoms with Gasteiger partial charge in [-0.1, -0.05) is 0 Å². The van der Waals surface area contributed by atoms with E-state index in [0.717, 1.165) is 12.1 Å². The van der Waals surface area contributed by atoms with Gasteiger partial charge in [-0.15, -0.1) is 0 Å². The third kappa shape index (κ3) is 5.44. The molecule has 1 rings (SSSR count). The van der Waals surface area contributed by atoms with Crippen molar-refractivity contribution in [3.63, 3.8) is 0 Å². The van der Waals surface area contributed by atoms with E-state index < -0.39 is 24.2 Å². The van der Waals surface area contributed by atoms with Gasteiger partial charge in [-0.25, -0.2) is 8.78 Å². The van der Waals surface area contributed by atoms with Crippen molar-refractivity contribution in [2.24, 2.45) is 0 Å². The van der Waals surface area contributed by atoms with E-state index >= 15 is 0 Å². The number of nitrogens with one attached hydrogen (secondary N) is 1. The number of halogens is 5. The highest BCUT2D eigenvalue weighted by atomic mass is 19.4. The molecule has 0 aliphatic heterocycles. The molecular formula is C13H16F5N. The lowest BCUT2D eigenvalue weighted by molar-refractivity contribution is -0.135. The van der Waals surface area contributed by atoms with Crippen molar-refractivity contribution in [3.05, 3.63) is 29.3 Å². The van der Waals surface area contributed by atoms with Crippen LogP contribution in [0.4, 0.5) is 27.6 Å². The third-order valence-corrected chi connectivity index (χ3v) is 2.75. The maximum atomic E-state index is 13.5. The van der Waals surface area contributed by atoms with Crippen LogP contribution in [0.15, 0.2) is 12.1 Å². The lowest BCUT2D eigenvalue weighted by Gasteiger charge is -2.16. The Morgan fingerprint density at radius 3 is 2.37 bits per heavy atom. The molecule has 1 atom stereocenters. The first-order valence-corrected chi connectivity index (χ1v) is 5.98. The zero-order chi connectivity index (χ0) is 14.6. The molecule has 19 heavy (non-hydrogen) atoms. The molecule has 0 heterocycles. The lowest BCUT2D eigenvalue weighted by Crippen LogP contribution is -2.17. The molecular weight excluding hydrogens is 265 g/mol. The van der Waals surface area contributed by atoms with Crippen molar-refractivity contribution < 1.29 is 22.0 Å². The zero-order valence-corrected chi connectivity index (χ0v) is 10.7. The molecule has 0 saturated heterocycles. The fourth-order valence-electron chi connectivity index (χ4n) is 1.70. The molecule has 6 heteroatoms. The van der Waals surface area contributed by atoms with Crippen LogP contribution < -0.4 is 5.32 Å². The highest BCUT2D eigenvalue weighted by Gasteiger charge is 2.26. The Hall–Kier alpha value is -1.33. The standard InChI is InChI=1S/C13H16F5N/c1-8-6-11(15)12(7-10(8)14)19-9(2)4-3-5-13(16,17)18/h6-7,9,19H,3-5H2,1-2H3. The predicted molar refractivity (Wildman–Crippen MR) is 64.1 cm³/mol. The Kier molecular flexibility index (Phi) is 5.14. The summed E-state index contributed by atoms with van der Waals surface area (Å²) in [4.78, 5) is 0. The Bertz CT molecular complexity index is 428. The molecule has 0 fully saturated rings. The van der Waals surface area contributed by atoms with Crippen molar-refractivity contribution in [1.29, 1.82) is 0 Å². The normalized spacial score (nSPS) is 13.4. The van der Waals surface area contributed by atoms with Crippen molar-refractivity contribution in [2.45, 2.75) is 45.3 Å². The maximum Gasteiger partial charge on any atom is 0.389 e.